The fourth-order valence-electron chi connectivity index (χ4n) is 3.15. The normalized spacial score (nSPS) is 11.0. The van der Waals surface area contributed by atoms with E-state index in [0.29, 0.717) is 46.3 Å². The van der Waals surface area contributed by atoms with Crippen molar-refractivity contribution in [1.29, 1.82) is 0 Å². The van der Waals surface area contributed by atoms with Gasteiger partial charge in [0.15, 0.2) is 5.16 Å². The molecular formula is C23H22N4O4S. The maximum atomic E-state index is 13.3. The summed E-state index contributed by atoms with van der Waals surface area (Å²) in [6, 6.07) is 12.4. The number of nitrogens with one attached hydrogen (secondary N) is 1. The first-order chi connectivity index (χ1) is 15.7. The Labute approximate surface area is 188 Å². The monoisotopic (exact) mass is 450 g/mol. The smallest absolute Gasteiger partial charge is 0.262 e. The number of carbonyl (C=O) groups excluding carboxylic acids is 1. The summed E-state index contributed by atoms with van der Waals surface area (Å²) in [7, 11) is 1.57. The molecule has 0 fully saturated rings. The van der Waals surface area contributed by atoms with Crippen LogP contribution in [0.1, 0.15) is 21.7 Å². The Morgan fingerprint density at radius 3 is 2.91 bits per heavy atom. The molecule has 0 bridgehead atoms. The van der Waals surface area contributed by atoms with E-state index in [1.807, 2.05) is 18.2 Å². The van der Waals surface area contributed by atoms with E-state index in [0.717, 1.165) is 5.56 Å². The van der Waals surface area contributed by atoms with Crippen LogP contribution in [0.25, 0.3) is 10.9 Å². The van der Waals surface area contributed by atoms with Crippen molar-refractivity contribution in [1.82, 2.24) is 19.9 Å². The molecule has 0 aliphatic rings. The van der Waals surface area contributed by atoms with Gasteiger partial charge >= 0.3 is 0 Å². The lowest BCUT2D eigenvalue weighted by atomic mass is 10.1. The minimum Gasteiger partial charge on any atom is -0.467 e. The van der Waals surface area contributed by atoms with E-state index >= 15 is 0 Å². The Morgan fingerprint density at radius 1 is 1.25 bits per heavy atom. The lowest BCUT2D eigenvalue weighted by molar-refractivity contribution is 0.0937. The Kier molecular flexibility index (Phi) is 6.98. The molecule has 1 amide bonds. The van der Waals surface area contributed by atoms with Crippen LogP contribution in [-0.2, 0) is 17.0 Å². The molecule has 0 saturated heterocycles. The molecule has 0 aliphatic carbocycles. The van der Waals surface area contributed by atoms with Crippen LogP contribution in [-0.4, -0.2) is 40.7 Å². The minimum atomic E-state index is -0.241. The van der Waals surface area contributed by atoms with E-state index in [4.69, 9.17) is 14.1 Å². The highest BCUT2D eigenvalue weighted by Gasteiger charge is 2.15. The number of carbonyl (C=O) groups is 1. The SMILES string of the molecule is COCCNC(=O)c1ccc2c(=O)n(Cc3ccco3)c(SCc3cccnc3)nc2c1. The minimum absolute atomic E-state index is 0.188. The lowest BCUT2D eigenvalue weighted by Gasteiger charge is -2.13. The van der Waals surface area contributed by atoms with E-state index in [2.05, 4.69) is 10.3 Å². The van der Waals surface area contributed by atoms with Crippen molar-refractivity contribution in [3.8, 4) is 0 Å². The van der Waals surface area contributed by atoms with E-state index in [9.17, 15) is 9.59 Å². The number of nitrogens with zero attached hydrogens (tertiary/aromatic N) is 3. The fourth-order valence-corrected chi connectivity index (χ4v) is 4.08. The second kappa shape index (κ2) is 10.3. The molecule has 3 heterocycles. The Hall–Kier alpha value is -3.43. The summed E-state index contributed by atoms with van der Waals surface area (Å²) < 4.78 is 12.0. The second-order valence-electron chi connectivity index (χ2n) is 7.00. The predicted molar refractivity (Wildman–Crippen MR) is 122 cm³/mol. The van der Waals surface area contributed by atoms with Gasteiger partial charge in [-0.1, -0.05) is 17.8 Å². The van der Waals surface area contributed by atoms with Gasteiger partial charge in [0.1, 0.15) is 5.76 Å². The topological polar surface area (TPSA) is 99.2 Å². The number of furan rings is 1. The molecule has 32 heavy (non-hydrogen) atoms. The van der Waals surface area contributed by atoms with Crippen LogP contribution in [0.5, 0.6) is 0 Å². The number of hydrogen-bond donors (Lipinski definition) is 1. The molecule has 0 radical (unpaired) electrons. The molecule has 1 aromatic carbocycles. The van der Waals surface area contributed by atoms with Crippen LogP contribution in [0, 0.1) is 0 Å². The van der Waals surface area contributed by atoms with Crippen LogP contribution >= 0.6 is 11.8 Å². The van der Waals surface area contributed by atoms with Crippen molar-refractivity contribution in [3.05, 3.63) is 88.4 Å². The van der Waals surface area contributed by atoms with Gasteiger partial charge < -0.3 is 14.5 Å². The van der Waals surface area contributed by atoms with Crippen LogP contribution in [0.15, 0.2) is 75.5 Å². The maximum absolute atomic E-state index is 13.3. The summed E-state index contributed by atoms with van der Waals surface area (Å²) in [4.78, 5) is 34.6. The molecular weight excluding hydrogens is 428 g/mol. The number of methoxy groups -OCH3 is 1. The summed E-state index contributed by atoms with van der Waals surface area (Å²) >= 11 is 1.44. The van der Waals surface area contributed by atoms with Crippen LogP contribution in [0.4, 0.5) is 0 Å². The van der Waals surface area contributed by atoms with Crippen LogP contribution < -0.4 is 10.9 Å². The Morgan fingerprint density at radius 2 is 2.16 bits per heavy atom. The molecule has 8 nitrogen and oxygen atoms in total. The zero-order chi connectivity index (χ0) is 22.3. The summed E-state index contributed by atoms with van der Waals surface area (Å²) in [6.07, 6.45) is 5.08. The highest BCUT2D eigenvalue weighted by molar-refractivity contribution is 7.98. The first-order valence-electron chi connectivity index (χ1n) is 10.0. The van der Waals surface area contributed by atoms with E-state index in [1.54, 1.807) is 54.6 Å². The van der Waals surface area contributed by atoms with Crippen molar-refractivity contribution in [2.75, 3.05) is 20.3 Å². The first-order valence-corrected chi connectivity index (χ1v) is 11.0. The van der Waals surface area contributed by atoms with Gasteiger partial charge in [0.2, 0.25) is 0 Å². The number of pyridine rings is 1. The van der Waals surface area contributed by atoms with Crippen molar-refractivity contribution in [3.63, 3.8) is 0 Å². The van der Waals surface area contributed by atoms with Gasteiger partial charge in [-0.15, -0.1) is 0 Å². The zero-order valence-corrected chi connectivity index (χ0v) is 18.3. The van der Waals surface area contributed by atoms with Gasteiger partial charge in [0.05, 0.1) is 30.3 Å². The summed E-state index contributed by atoms with van der Waals surface area (Å²) in [5, 5.41) is 3.76. The van der Waals surface area contributed by atoms with Gasteiger partial charge in [-0.25, -0.2) is 4.98 Å². The fraction of sp³-hybridized carbons (Fsp3) is 0.217. The van der Waals surface area contributed by atoms with Gasteiger partial charge in [0, 0.05) is 37.4 Å². The molecule has 4 aromatic rings. The molecule has 0 saturated carbocycles. The molecule has 0 atom stereocenters. The standard InChI is InChI=1S/C23H22N4O4S/c1-30-11-9-25-21(28)17-6-7-19-20(12-17)26-23(32-15-16-4-2-8-24-13-16)27(22(19)29)14-18-5-3-10-31-18/h2-8,10,12-13H,9,11,14-15H2,1H3,(H,25,28). The van der Waals surface area contributed by atoms with E-state index in [-0.39, 0.29) is 18.0 Å². The number of benzene rings is 1. The number of ether oxygens (including phenoxy) is 1. The quantitative estimate of drug-likeness (QED) is 0.238. The van der Waals surface area contributed by atoms with Crippen molar-refractivity contribution >= 4 is 28.6 Å². The Bertz CT molecular complexity index is 1260. The molecule has 1 N–H and O–H groups in total. The Balaban J connectivity index is 1.70. The number of thioether (sulfide) groups is 1. The summed E-state index contributed by atoms with van der Waals surface area (Å²) in [5.74, 6) is 1.02. The molecule has 9 heteroatoms. The highest BCUT2D eigenvalue weighted by atomic mass is 32.2. The van der Waals surface area contributed by atoms with Gasteiger partial charge in [-0.2, -0.15) is 0 Å². The van der Waals surface area contributed by atoms with Gasteiger partial charge in [-0.3, -0.25) is 19.1 Å². The second-order valence-corrected chi connectivity index (χ2v) is 7.94. The molecule has 0 unspecified atom stereocenters. The van der Waals surface area contributed by atoms with Crippen molar-refractivity contribution in [2.45, 2.75) is 17.5 Å². The van der Waals surface area contributed by atoms with Gasteiger partial charge in [-0.05, 0) is 42.0 Å². The van der Waals surface area contributed by atoms with E-state index < -0.39 is 0 Å². The summed E-state index contributed by atoms with van der Waals surface area (Å²) in [5.41, 5.74) is 1.74. The third-order valence-corrected chi connectivity index (χ3v) is 5.81. The zero-order valence-electron chi connectivity index (χ0n) is 17.5. The van der Waals surface area contributed by atoms with Gasteiger partial charge in [0.25, 0.3) is 11.5 Å². The molecule has 0 spiro atoms. The highest BCUT2D eigenvalue weighted by Crippen LogP contribution is 2.23. The van der Waals surface area contributed by atoms with E-state index in [1.165, 1.54) is 11.8 Å². The maximum Gasteiger partial charge on any atom is 0.262 e. The van der Waals surface area contributed by atoms with Crippen molar-refractivity contribution < 1.29 is 13.9 Å². The van der Waals surface area contributed by atoms with Crippen LogP contribution in [0.3, 0.4) is 0 Å². The number of fused-ring (bicyclic) bond motifs is 1. The first kappa shape index (κ1) is 21.8. The average Bonchev–Trinajstić information content (AvgIpc) is 3.33. The average molecular weight is 451 g/mol. The molecule has 4 rings (SSSR count). The van der Waals surface area contributed by atoms with Crippen LogP contribution in [0.2, 0.25) is 0 Å². The third kappa shape index (κ3) is 5.06. The molecule has 3 aromatic heterocycles. The predicted octanol–water partition coefficient (Wildman–Crippen LogP) is 3.10. The van der Waals surface area contributed by atoms with Crippen molar-refractivity contribution in [2.24, 2.45) is 0 Å². The lowest BCUT2D eigenvalue weighted by Crippen LogP contribution is -2.27. The number of hydrogen-bond acceptors (Lipinski definition) is 7. The molecule has 0 aliphatic heterocycles. The third-order valence-electron chi connectivity index (χ3n) is 4.76. The molecule has 164 valence electrons. The largest absolute Gasteiger partial charge is 0.467 e. The summed E-state index contributed by atoms with van der Waals surface area (Å²) in [6.45, 7) is 1.09. The number of amides is 1. The number of aromatic nitrogens is 3. The number of rotatable bonds is 9.